The third kappa shape index (κ3) is 3.34. The van der Waals surface area contributed by atoms with Crippen LogP contribution < -0.4 is 0 Å². The van der Waals surface area contributed by atoms with Crippen molar-refractivity contribution in [3.05, 3.63) is 41.5 Å². The molecule has 0 aliphatic rings. The quantitative estimate of drug-likeness (QED) is 0.489. The van der Waals surface area contributed by atoms with Crippen molar-refractivity contribution < 1.29 is 24.2 Å². The van der Waals surface area contributed by atoms with Crippen LogP contribution in [0.1, 0.15) is 15.9 Å². The van der Waals surface area contributed by atoms with Crippen LogP contribution in [0, 0.1) is 0 Å². The van der Waals surface area contributed by atoms with Gasteiger partial charge in [0.05, 0.1) is 25.9 Å². The highest BCUT2D eigenvalue weighted by molar-refractivity contribution is 5.91. The van der Waals surface area contributed by atoms with E-state index in [1.54, 1.807) is 0 Å². The van der Waals surface area contributed by atoms with Gasteiger partial charge in [-0.15, -0.1) is 0 Å². The number of esters is 2. The highest BCUT2D eigenvalue weighted by Crippen LogP contribution is 2.13. The predicted molar refractivity (Wildman–Crippen MR) is 60.4 cm³/mol. The van der Waals surface area contributed by atoms with E-state index in [2.05, 4.69) is 9.47 Å². The Morgan fingerprint density at radius 3 is 2.06 bits per heavy atom. The maximum absolute atomic E-state index is 11.1. The monoisotopic (exact) mass is 236 g/mol. The lowest BCUT2D eigenvalue weighted by Crippen LogP contribution is -2.01. The second-order valence-corrected chi connectivity index (χ2v) is 3.12. The molecule has 0 radical (unpaired) electrons. The molecule has 0 atom stereocenters. The summed E-state index contributed by atoms with van der Waals surface area (Å²) in [6.07, 6.45) is 0.952. The summed E-state index contributed by atoms with van der Waals surface area (Å²) in [5.41, 5.74) is 0.769. The van der Waals surface area contributed by atoms with E-state index >= 15 is 0 Å². The van der Waals surface area contributed by atoms with E-state index < -0.39 is 11.9 Å². The lowest BCUT2D eigenvalue weighted by Gasteiger charge is -2.02. The lowest BCUT2D eigenvalue weighted by molar-refractivity contribution is -0.134. The van der Waals surface area contributed by atoms with Crippen molar-refractivity contribution in [1.29, 1.82) is 0 Å². The first-order chi connectivity index (χ1) is 8.08. The Balaban J connectivity index is 2.91. The molecule has 0 aliphatic heterocycles. The van der Waals surface area contributed by atoms with Crippen LogP contribution in [-0.4, -0.2) is 31.3 Å². The topological polar surface area (TPSA) is 72.8 Å². The number of aliphatic hydroxyl groups excluding tert-OH is 1. The second-order valence-electron chi connectivity index (χ2n) is 3.12. The minimum absolute atomic E-state index is 0.228. The van der Waals surface area contributed by atoms with Crippen LogP contribution in [0.2, 0.25) is 0 Å². The number of ether oxygens (including phenoxy) is 2. The van der Waals surface area contributed by atoms with Gasteiger partial charge in [-0.1, -0.05) is 12.1 Å². The average Bonchev–Trinajstić information content (AvgIpc) is 2.37. The van der Waals surface area contributed by atoms with Gasteiger partial charge >= 0.3 is 11.9 Å². The van der Waals surface area contributed by atoms with Crippen molar-refractivity contribution >= 4 is 17.7 Å². The first kappa shape index (κ1) is 12.8. The van der Waals surface area contributed by atoms with Crippen molar-refractivity contribution in [2.45, 2.75) is 0 Å². The maximum Gasteiger partial charge on any atom is 0.337 e. The first-order valence-electron chi connectivity index (χ1n) is 4.76. The average molecular weight is 236 g/mol. The summed E-state index contributed by atoms with van der Waals surface area (Å²) in [6.45, 7) is 0. The molecular weight excluding hydrogens is 224 g/mol. The highest BCUT2D eigenvalue weighted by atomic mass is 16.5. The number of methoxy groups -OCH3 is 2. The number of aliphatic hydroxyl groups is 1. The molecule has 5 heteroatoms. The van der Waals surface area contributed by atoms with E-state index in [1.807, 2.05) is 0 Å². The van der Waals surface area contributed by atoms with E-state index in [4.69, 9.17) is 0 Å². The third-order valence-electron chi connectivity index (χ3n) is 2.06. The molecule has 0 amide bonds. The van der Waals surface area contributed by atoms with Gasteiger partial charge < -0.3 is 14.6 Å². The Labute approximate surface area is 98.3 Å². The second kappa shape index (κ2) is 5.69. The summed E-state index contributed by atoms with van der Waals surface area (Å²) in [4.78, 5) is 22.0. The van der Waals surface area contributed by atoms with E-state index in [0.29, 0.717) is 11.1 Å². The van der Waals surface area contributed by atoms with Gasteiger partial charge in [0.2, 0.25) is 0 Å². The molecule has 0 saturated carbocycles. The summed E-state index contributed by atoms with van der Waals surface area (Å²) in [5, 5.41) is 9.55. The van der Waals surface area contributed by atoms with E-state index in [-0.39, 0.29) is 5.76 Å². The van der Waals surface area contributed by atoms with Gasteiger partial charge in [-0.05, 0) is 12.1 Å². The van der Waals surface area contributed by atoms with E-state index in [9.17, 15) is 14.7 Å². The molecule has 1 aromatic carbocycles. The summed E-state index contributed by atoms with van der Waals surface area (Å²) in [7, 11) is 2.50. The molecule has 0 fully saturated rings. The smallest absolute Gasteiger partial charge is 0.337 e. The largest absolute Gasteiger partial charge is 0.507 e. The standard InChI is InChI=1S/C12H12O5/c1-16-11(14)7-10(13)8-3-5-9(6-4-8)12(15)17-2/h3-7,13H,1-2H3. The van der Waals surface area contributed by atoms with Gasteiger partial charge in [-0.3, -0.25) is 0 Å². The fraction of sp³-hybridized carbons (Fsp3) is 0.167. The summed E-state index contributed by atoms with van der Waals surface area (Å²) in [6, 6.07) is 5.98. The van der Waals surface area contributed by atoms with Crippen molar-refractivity contribution in [2.24, 2.45) is 0 Å². The van der Waals surface area contributed by atoms with Gasteiger partial charge in [-0.2, -0.15) is 0 Å². The molecule has 0 saturated heterocycles. The number of hydrogen-bond donors (Lipinski definition) is 1. The minimum Gasteiger partial charge on any atom is -0.507 e. The molecule has 17 heavy (non-hydrogen) atoms. The Hall–Kier alpha value is -2.30. The summed E-state index contributed by atoms with van der Waals surface area (Å²) in [5.74, 6) is -1.35. The Morgan fingerprint density at radius 2 is 1.59 bits per heavy atom. The van der Waals surface area contributed by atoms with Crippen LogP contribution in [0.15, 0.2) is 30.3 Å². The van der Waals surface area contributed by atoms with E-state index in [0.717, 1.165) is 6.08 Å². The molecule has 1 N–H and O–H groups in total. The Bertz CT molecular complexity index is 444. The van der Waals surface area contributed by atoms with Gasteiger partial charge in [0, 0.05) is 5.56 Å². The number of benzene rings is 1. The van der Waals surface area contributed by atoms with Gasteiger partial charge in [0.1, 0.15) is 5.76 Å². The van der Waals surface area contributed by atoms with Crippen LogP contribution in [0.5, 0.6) is 0 Å². The van der Waals surface area contributed by atoms with Crippen molar-refractivity contribution in [2.75, 3.05) is 14.2 Å². The SMILES string of the molecule is COC(=O)C=C(O)c1ccc(C(=O)OC)cc1. The molecule has 0 unspecified atom stereocenters. The number of hydrogen-bond acceptors (Lipinski definition) is 5. The fourth-order valence-electron chi connectivity index (χ4n) is 1.15. The van der Waals surface area contributed by atoms with Crippen molar-refractivity contribution in [1.82, 2.24) is 0 Å². The number of rotatable bonds is 3. The van der Waals surface area contributed by atoms with Crippen LogP contribution in [0.4, 0.5) is 0 Å². The summed E-state index contributed by atoms with van der Waals surface area (Å²) < 4.78 is 8.90. The van der Waals surface area contributed by atoms with Crippen LogP contribution in [-0.2, 0) is 14.3 Å². The third-order valence-corrected chi connectivity index (χ3v) is 2.06. The number of carbonyl (C=O) groups is 2. The van der Waals surface area contributed by atoms with Gasteiger partial charge in [-0.25, -0.2) is 9.59 Å². The minimum atomic E-state index is -0.653. The Kier molecular flexibility index (Phi) is 4.28. The molecule has 0 heterocycles. The predicted octanol–water partition coefficient (Wildman–Crippen LogP) is 1.55. The number of carbonyl (C=O) groups excluding carboxylic acids is 2. The van der Waals surface area contributed by atoms with Crippen LogP contribution >= 0.6 is 0 Å². The zero-order chi connectivity index (χ0) is 12.8. The summed E-state index contributed by atoms with van der Waals surface area (Å²) >= 11 is 0. The molecule has 1 aromatic rings. The molecule has 0 bridgehead atoms. The normalized spacial score (nSPS) is 10.8. The van der Waals surface area contributed by atoms with Crippen LogP contribution in [0.25, 0.3) is 5.76 Å². The van der Waals surface area contributed by atoms with Crippen molar-refractivity contribution in [3.8, 4) is 0 Å². The van der Waals surface area contributed by atoms with E-state index in [1.165, 1.54) is 38.5 Å². The van der Waals surface area contributed by atoms with Crippen molar-refractivity contribution in [3.63, 3.8) is 0 Å². The van der Waals surface area contributed by atoms with Gasteiger partial charge in [0.15, 0.2) is 0 Å². The Morgan fingerprint density at radius 1 is 1.06 bits per heavy atom. The molecular formula is C12H12O5. The van der Waals surface area contributed by atoms with Crippen LogP contribution in [0.3, 0.4) is 0 Å². The molecule has 0 aliphatic carbocycles. The molecule has 0 spiro atoms. The van der Waals surface area contributed by atoms with Gasteiger partial charge in [0.25, 0.3) is 0 Å². The molecule has 5 nitrogen and oxygen atoms in total. The zero-order valence-corrected chi connectivity index (χ0v) is 9.47. The molecule has 1 rings (SSSR count). The lowest BCUT2D eigenvalue weighted by atomic mass is 10.1. The zero-order valence-electron chi connectivity index (χ0n) is 9.47. The first-order valence-corrected chi connectivity index (χ1v) is 4.76. The molecule has 90 valence electrons. The maximum atomic E-state index is 11.1. The highest BCUT2D eigenvalue weighted by Gasteiger charge is 2.07. The molecule has 0 aromatic heterocycles. The fourth-order valence-corrected chi connectivity index (χ4v) is 1.15.